The summed E-state index contributed by atoms with van der Waals surface area (Å²) in [6, 6.07) is 6.65. The Morgan fingerprint density at radius 1 is 0.912 bits per heavy atom. The number of thiazole rings is 1. The number of anilines is 1. The van der Waals surface area contributed by atoms with Gasteiger partial charge in [-0.3, -0.25) is 0 Å². The minimum absolute atomic E-state index is 0.0585. The number of hydrogen-bond acceptors (Lipinski definition) is 6. The van der Waals surface area contributed by atoms with Gasteiger partial charge in [0.25, 0.3) is 0 Å². The molecule has 5 nitrogen and oxygen atoms in total. The third-order valence-electron chi connectivity index (χ3n) is 6.81. The minimum atomic E-state index is -0.115. The molecule has 0 saturated heterocycles. The van der Waals surface area contributed by atoms with E-state index in [1.807, 2.05) is 5.51 Å². The first-order chi connectivity index (χ1) is 15.8. The second-order valence-corrected chi connectivity index (χ2v) is 12.7. The number of benzene rings is 1. The van der Waals surface area contributed by atoms with E-state index < -0.39 is 0 Å². The summed E-state index contributed by atoms with van der Waals surface area (Å²) in [5.74, 6) is 0.999. The fraction of sp³-hybridized carbons (Fsp3) is 0.500. The Labute approximate surface area is 207 Å². The van der Waals surface area contributed by atoms with Crippen molar-refractivity contribution in [2.45, 2.75) is 77.6 Å². The van der Waals surface area contributed by atoms with Crippen LogP contribution in [0.2, 0.25) is 0 Å². The van der Waals surface area contributed by atoms with Gasteiger partial charge in [-0.2, -0.15) is 0 Å². The van der Waals surface area contributed by atoms with Gasteiger partial charge >= 0.3 is 0 Å². The Morgan fingerprint density at radius 3 is 2.24 bits per heavy atom. The largest absolute Gasteiger partial charge is 0.460 e. The van der Waals surface area contributed by atoms with Crippen LogP contribution >= 0.6 is 11.3 Å². The van der Waals surface area contributed by atoms with Gasteiger partial charge in [0.2, 0.25) is 0 Å². The molecule has 3 heterocycles. The maximum atomic E-state index is 6.49. The van der Waals surface area contributed by atoms with Gasteiger partial charge in [-0.25, -0.2) is 9.97 Å². The molecular weight excluding hydrogens is 442 g/mol. The van der Waals surface area contributed by atoms with E-state index in [9.17, 15) is 0 Å². The highest BCUT2D eigenvalue weighted by atomic mass is 32.1. The van der Waals surface area contributed by atoms with Crippen molar-refractivity contribution in [1.29, 1.82) is 0 Å². The molecule has 0 saturated carbocycles. The lowest BCUT2D eigenvalue weighted by atomic mass is 9.75. The summed E-state index contributed by atoms with van der Waals surface area (Å²) in [5, 5.41) is 1.13. The van der Waals surface area contributed by atoms with E-state index in [0.717, 1.165) is 52.2 Å². The van der Waals surface area contributed by atoms with Crippen molar-refractivity contribution in [3.8, 4) is 10.4 Å². The van der Waals surface area contributed by atoms with E-state index in [1.54, 1.807) is 17.6 Å². The molecule has 0 fully saturated rings. The third kappa shape index (κ3) is 4.65. The van der Waals surface area contributed by atoms with Gasteiger partial charge in [-0.15, -0.1) is 11.3 Å². The summed E-state index contributed by atoms with van der Waals surface area (Å²) in [6.45, 7) is 15.6. The van der Waals surface area contributed by atoms with E-state index in [-0.39, 0.29) is 16.2 Å². The molecule has 4 rings (SSSR count). The lowest BCUT2D eigenvalue weighted by molar-refractivity contribution is 0.364. The summed E-state index contributed by atoms with van der Waals surface area (Å²) < 4.78 is 11.7. The average molecular weight is 480 g/mol. The highest BCUT2D eigenvalue weighted by molar-refractivity contribution is 7.13. The molecule has 4 aromatic rings. The van der Waals surface area contributed by atoms with Crippen LogP contribution in [-0.2, 0) is 16.2 Å². The van der Waals surface area contributed by atoms with Gasteiger partial charge in [-0.05, 0) is 31.0 Å². The zero-order chi connectivity index (χ0) is 24.9. The van der Waals surface area contributed by atoms with Crippen molar-refractivity contribution in [1.82, 2.24) is 9.97 Å². The predicted octanol–water partition coefficient (Wildman–Crippen LogP) is 7.94. The standard InChI is InChI=1S/C28H37N3O2S/c1-26(2,3)22-13-18-12-19(31(8)9)14-20(23(18)33-22)24-25(30-17-34-24)28(6,7)11-10-27(4,5)21-15-32-16-29-21/h12-17H,10-11H2,1-9H3. The molecule has 0 spiro atoms. The van der Waals surface area contributed by atoms with E-state index in [2.05, 4.69) is 90.6 Å². The number of rotatable bonds is 7. The molecule has 0 N–H and O–H groups in total. The fourth-order valence-corrected chi connectivity index (χ4v) is 5.25. The normalized spacial score (nSPS) is 13.1. The fourth-order valence-electron chi connectivity index (χ4n) is 4.27. The molecule has 34 heavy (non-hydrogen) atoms. The predicted molar refractivity (Wildman–Crippen MR) is 142 cm³/mol. The first-order valence-corrected chi connectivity index (χ1v) is 12.8. The van der Waals surface area contributed by atoms with E-state index in [4.69, 9.17) is 13.8 Å². The van der Waals surface area contributed by atoms with E-state index in [0.29, 0.717) is 0 Å². The number of oxazole rings is 1. The second-order valence-electron chi connectivity index (χ2n) is 11.8. The Morgan fingerprint density at radius 2 is 1.62 bits per heavy atom. The summed E-state index contributed by atoms with van der Waals surface area (Å²) in [4.78, 5) is 12.6. The number of aromatic nitrogens is 2. The van der Waals surface area contributed by atoms with E-state index in [1.165, 1.54) is 11.3 Å². The van der Waals surface area contributed by atoms with Gasteiger partial charge in [0.15, 0.2) is 6.39 Å². The molecule has 0 atom stereocenters. The van der Waals surface area contributed by atoms with Crippen LogP contribution < -0.4 is 4.90 Å². The lowest BCUT2D eigenvalue weighted by Crippen LogP contribution is -2.25. The summed E-state index contributed by atoms with van der Waals surface area (Å²) in [6.07, 6.45) is 5.23. The molecule has 0 aliphatic carbocycles. The Hall–Kier alpha value is -2.60. The molecule has 0 unspecified atom stereocenters. The summed E-state index contributed by atoms with van der Waals surface area (Å²) in [5.41, 5.74) is 7.07. The number of fused-ring (bicyclic) bond motifs is 1. The zero-order valence-electron chi connectivity index (χ0n) is 21.9. The maximum Gasteiger partial charge on any atom is 0.180 e. The molecule has 0 radical (unpaired) electrons. The van der Waals surface area contributed by atoms with Crippen LogP contribution in [0.3, 0.4) is 0 Å². The van der Waals surface area contributed by atoms with Crippen LogP contribution in [-0.4, -0.2) is 24.1 Å². The Bertz CT molecular complexity index is 1270. The van der Waals surface area contributed by atoms with Gasteiger partial charge in [0.1, 0.15) is 17.6 Å². The first-order valence-electron chi connectivity index (χ1n) is 11.9. The average Bonchev–Trinajstić information content (AvgIpc) is 3.51. The van der Waals surface area contributed by atoms with Crippen LogP contribution in [0.1, 0.15) is 78.5 Å². The molecule has 1 aromatic carbocycles. The van der Waals surface area contributed by atoms with Crippen LogP contribution in [0.25, 0.3) is 21.4 Å². The third-order valence-corrected chi connectivity index (χ3v) is 7.67. The van der Waals surface area contributed by atoms with Crippen molar-refractivity contribution in [3.05, 3.63) is 53.5 Å². The molecule has 0 aliphatic rings. The molecule has 182 valence electrons. The SMILES string of the molecule is CN(C)c1cc(-c2scnc2C(C)(C)CCC(C)(C)c2cocn2)c2oc(C(C)(C)C)cc2c1. The smallest absolute Gasteiger partial charge is 0.180 e. The molecule has 0 bridgehead atoms. The monoisotopic (exact) mass is 479 g/mol. The van der Waals surface area contributed by atoms with Gasteiger partial charge < -0.3 is 13.7 Å². The van der Waals surface area contributed by atoms with E-state index >= 15 is 0 Å². The molecule has 0 aliphatic heterocycles. The van der Waals surface area contributed by atoms with Crippen molar-refractivity contribution in [2.75, 3.05) is 19.0 Å². The number of furan rings is 1. The lowest BCUT2D eigenvalue weighted by Gasteiger charge is -2.30. The zero-order valence-corrected chi connectivity index (χ0v) is 22.8. The Balaban J connectivity index is 1.76. The van der Waals surface area contributed by atoms with Crippen molar-refractivity contribution in [3.63, 3.8) is 0 Å². The topological polar surface area (TPSA) is 55.3 Å². The van der Waals surface area contributed by atoms with Gasteiger partial charge in [-0.1, -0.05) is 48.5 Å². The van der Waals surface area contributed by atoms with Gasteiger partial charge in [0, 0.05) is 47.0 Å². The molecule has 6 heteroatoms. The first kappa shape index (κ1) is 24.5. The Kier molecular flexibility index (Phi) is 6.17. The van der Waals surface area contributed by atoms with Crippen LogP contribution in [0.5, 0.6) is 0 Å². The van der Waals surface area contributed by atoms with Gasteiger partial charge in [0.05, 0.1) is 21.8 Å². The van der Waals surface area contributed by atoms with Crippen molar-refractivity contribution >= 4 is 28.0 Å². The van der Waals surface area contributed by atoms with Crippen LogP contribution in [0.4, 0.5) is 5.69 Å². The second kappa shape index (κ2) is 8.56. The van der Waals surface area contributed by atoms with Crippen molar-refractivity contribution in [2.24, 2.45) is 0 Å². The molecule has 0 amide bonds. The number of hydrogen-bond donors (Lipinski definition) is 0. The molecular formula is C28H37N3O2S. The highest BCUT2D eigenvalue weighted by Gasteiger charge is 2.33. The highest BCUT2D eigenvalue weighted by Crippen LogP contribution is 2.45. The van der Waals surface area contributed by atoms with Crippen LogP contribution in [0, 0.1) is 0 Å². The van der Waals surface area contributed by atoms with Crippen molar-refractivity contribution < 1.29 is 8.83 Å². The quantitative estimate of drug-likeness (QED) is 0.269. The summed E-state index contributed by atoms with van der Waals surface area (Å²) in [7, 11) is 4.17. The minimum Gasteiger partial charge on any atom is -0.460 e. The number of nitrogens with zero attached hydrogens (tertiary/aromatic N) is 3. The van der Waals surface area contributed by atoms with Crippen LogP contribution in [0.15, 0.2) is 45.2 Å². The maximum absolute atomic E-state index is 6.49. The summed E-state index contributed by atoms with van der Waals surface area (Å²) >= 11 is 1.70. The molecule has 3 aromatic heterocycles.